The molecule has 0 amide bonds. The number of aromatic nitrogens is 3. The van der Waals surface area contributed by atoms with E-state index in [1.54, 1.807) is 6.33 Å². The molecule has 1 unspecified atom stereocenters. The van der Waals surface area contributed by atoms with Crippen LogP contribution in [-0.2, 0) is 13.0 Å². The number of hydrogen-bond acceptors (Lipinski definition) is 2. The minimum atomic E-state index is 0.208. The van der Waals surface area contributed by atoms with Crippen molar-refractivity contribution in [2.45, 2.75) is 45.5 Å². The van der Waals surface area contributed by atoms with Gasteiger partial charge in [-0.2, -0.15) is 5.10 Å². The lowest BCUT2D eigenvalue weighted by molar-refractivity contribution is 0.463. The highest BCUT2D eigenvalue weighted by Gasteiger charge is 2.07. The van der Waals surface area contributed by atoms with E-state index < -0.39 is 0 Å². The standard InChI is InChI=1S/C10H18ClN3/c1-8(2)6-14-10(12-7-13-14)5-4-9(3)11/h7-9H,4-6H2,1-3H3. The SMILES string of the molecule is CC(C)Cn1ncnc1CCC(C)Cl. The van der Waals surface area contributed by atoms with Crippen molar-refractivity contribution >= 4 is 11.6 Å². The molecule has 0 aliphatic rings. The van der Waals surface area contributed by atoms with E-state index in [1.807, 2.05) is 11.6 Å². The predicted molar refractivity (Wildman–Crippen MR) is 58.5 cm³/mol. The fourth-order valence-electron chi connectivity index (χ4n) is 1.31. The van der Waals surface area contributed by atoms with Gasteiger partial charge in [-0.1, -0.05) is 13.8 Å². The van der Waals surface area contributed by atoms with Crippen molar-refractivity contribution in [1.29, 1.82) is 0 Å². The lowest BCUT2D eigenvalue weighted by Gasteiger charge is -2.08. The third-order valence-electron chi connectivity index (χ3n) is 2.00. The molecule has 1 rings (SSSR count). The van der Waals surface area contributed by atoms with Gasteiger partial charge in [0, 0.05) is 18.3 Å². The summed E-state index contributed by atoms with van der Waals surface area (Å²) in [6, 6.07) is 0. The van der Waals surface area contributed by atoms with Crippen molar-refractivity contribution in [2.75, 3.05) is 0 Å². The Hall–Kier alpha value is -0.570. The minimum absolute atomic E-state index is 0.208. The molecule has 0 aromatic carbocycles. The highest BCUT2D eigenvalue weighted by molar-refractivity contribution is 6.20. The topological polar surface area (TPSA) is 30.7 Å². The van der Waals surface area contributed by atoms with Crippen LogP contribution in [0.1, 0.15) is 33.0 Å². The average Bonchev–Trinajstić information content (AvgIpc) is 2.47. The van der Waals surface area contributed by atoms with Gasteiger partial charge in [0.15, 0.2) is 0 Å². The van der Waals surface area contributed by atoms with E-state index in [0.717, 1.165) is 25.2 Å². The molecule has 1 heterocycles. The summed E-state index contributed by atoms with van der Waals surface area (Å²) < 4.78 is 1.98. The molecule has 0 saturated carbocycles. The highest BCUT2D eigenvalue weighted by Crippen LogP contribution is 2.07. The minimum Gasteiger partial charge on any atom is -0.250 e. The zero-order chi connectivity index (χ0) is 10.6. The first-order valence-corrected chi connectivity index (χ1v) is 5.54. The van der Waals surface area contributed by atoms with Gasteiger partial charge < -0.3 is 0 Å². The van der Waals surface area contributed by atoms with Gasteiger partial charge in [0.05, 0.1) is 0 Å². The molecule has 0 spiro atoms. The van der Waals surface area contributed by atoms with Crippen LogP contribution in [0.5, 0.6) is 0 Å². The number of halogens is 1. The third-order valence-corrected chi connectivity index (χ3v) is 2.22. The molecule has 0 N–H and O–H groups in total. The van der Waals surface area contributed by atoms with Crippen LogP contribution < -0.4 is 0 Å². The van der Waals surface area contributed by atoms with Crippen LogP contribution in [-0.4, -0.2) is 20.1 Å². The molecule has 0 aliphatic heterocycles. The summed E-state index contributed by atoms with van der Waals surface area (Å²) in [6.07, 6.45) is 3.49. The van der Waals surface area contributed by atoms with Gasteiger partial charge in [-0.3, -0.25) is 0 Å². The molecule has 14 heavy (non-hydrogen) atoms. The van der Waals surface area contributed by atoms with Gasteiger partial charge in [0.1, 0.15) is 12.2 Å². The number of hydrogen-bond donors (Lipinski definition) is 0. The summed E-state index contributed by atoms with van der Waals surface area (Å²) >= 11 is 5.90. The Kier molecular flexibility index (Phi) is 4.39. The van der Waals surface area contributed by atoms with Crippen LogP contribution in [0.2, 0.25) is 0 Å². The van der Waals surface area contributed by atoms with E-state index in [2.05, 4.69) is 23.9 Å². The van der Waals surface area contributed by atoms with Gasteiger partial charge in [-0.25, -0.2) is 9.67 Å². The van der Waals surface area contributed by atoms with Crippen molar-refractivity contribution in [3.63, 3.8) is 0 Å². The van der Waals surface area contributed by atoms with Crippen molar-refractivity contribution in [1.82, 2.24) is 14.8 Å². The Labute approximate surface area is 90.5 Å². The molecule has 1 aromatic rings. The lowest BCUT2D eigenvalue weighted by Crippen LogP contribution is -2.11. The van der Waals surface area contributed by atoms with Crippen molar-refractivity contribution < 1.29 is 0 Å². The zero-order valence-corrected chi connectivity index (χ0v) is 9.83. The van der Waals surface area contributed by atoms with E-state index in [1.165, 1.54) is 0 Å². The third kappa shape index (κ3) is 3.66. The molecule has 0 radical (unpaired) electrons. The van der Waals surface area contributed by atoms with Gasteiger partial charge in [-0.15, -0.1) is 11.6 Å². The first-order valence-electron chi connectivity index (χ1n) is 5.10. The Morgan fingerprint density at radius 3 is 2.71 bits per heavy atom. The van der Waals surface area contributed by atoms with E-state index in [-0.39, 0.29) is 5.38 Å². The normalized spacial score (nSPS) is 13.5. The number of aryl methyl sites for hydroxylation is 1. The molecule has 0 saturated heterocycles. The summed E-state index contributed by atoms with van der Waals surface area (Å²) in [5.74, 6) is 1.65. The second-order valence-electron chi connectivity index (χ2n) is 4.07. The first kappa shape index (κ1) is 11.5. The Morgan fingerprint density at radius 1 is 1.43 bits per heavy atom. The largest absolute Gasteiger partial charge is 0.250 e. The predicted octanol–water partition coefficient (Wildman–Crippen LogP) is 2.49. The molecule has 1 atom stereocenters. The molecule has 80 valence electrons. The molecule has 3 nitrogen and oxygen atoms in total. The van der Waals surface area contributed by atoms with E-state index in [4.69, 9.17) is 11.6 Å². The van der Waals surface area contributed by atoms with Crippen LogP contribution in [0.4, 0.5) is 0 Å². The Morgan fingerprint density at radius 2 is 2.14 bits per heavy atom. The quantitative estimate of drug-likeness (QED) is 0.707. The molecule has 1 aromatic heterocycles. The Bertz CT molecular complexity index is 268. The number of alkyl halides is 1. The van der Waals surface area contributed by atoms with Crippen molar-refractivity contribution in [2.24, 2.45) is 5.92 Å². The summed E-state index contributed by atoms with van der Waals surface area (Å²) in [5, 5.41) is 4.40. The molecule has 0 bridgehead atoms. The maximum atomic E-state index is 5.90. The van der Waals surface area contributed by atoms with E-state index in [0.29, 0.717) is 5.92 Å². The molecular formula is C10H18ClN3. The van der Waals surface area contributed by atoms with Crippen LogP contribution >= 0.6 is 11.6 Å². The van der Waals surface area contributed by atoms with Crippen molar-refractivity contribution in [3.05, 3.63) is 12.2 Å². The Balaban J connectivity index is 2.53. The van der Waals surface area contributed by atoms with Crippen LogP contribution in [0.15, 0.2) is 6.33 Å². The molecular weight excluding hydrogens is 198 g/mol. The monoisotopic (exact) mass is 215 g/mol. The molecule has 4 heteroatoms. The van der Waals surface area contributed by atoms with Gasteiger partial charge in [0.2, 0.25) is 0 Å². The van der Waals surface area contributed by atoms with E-state index in [9.17, 15) is 0 Å². The van der Waals surface area contributed by atoms with Gasteiger partial charge in [-0.05, 0) is 19.3 Å². The summed E-state index contributed by atoms with van der Waals surface area (Å²) in [6.45, 7) is 7.29. The maximum Gasteiger partial charge on any atom is 0.138 e. The van der Waals surface area contributed by atoms with Crippen LogP contribution in [0, 0.1) is 5.92 Å². The smallest absolute Gasteiger partial charge is 0.138 e. The highest BCUT2D eigenvalue weighted by atomic mass is 35.5. The van der Waals surface area contributed by atoms with Gasteiger partial charge >= 0.3 is 0 Å². The van der Waals surface area contributed by atoms with E-state index >= 15 is 0 Å². The first-order chi connectivity index (χ1) is 6.59. The second kappa shape index (κ2) is 5.35. The maximum absolute atomic E-state index is 5.90. The van der Waals surface area contributed by atoms with Gasteiger partial charge in [0.25, 0.3) is 0 Å². The number of rotatable bonds is 5. The average molecular weight is 216 g/mol. The fourth-order valence-corrected chi connectivity index (χ4v) is 1.42. The molecule has 0 fully saturated rings. The summed E-state index contributed by atoms with van der Waals surface area (Å²) in [5.41, 5.74) is 0. The van der Waals surface area contributed by atoms with Crippen molar-refractivity contribution in [3.8, 4) is 0 Å². The summed E-state index contributed by atoms with van der Waals surface area (Å²) in [7, 11) is 0. The molecule has 0 aliphatic carbocycles. The van der Waals surface area contributed by atoms with Crippen LogP contribution in [0.3, 0.4) is 0 Å². The number of nitrogens with zero attached hydrogens (tertiary/aromatic N) is 3. The van der Waals surface area contributed by atoms with Crippen LogP contribution in [0.25, 0.3) is 0 Å². The summed E-state index contributed by atoms with van der Waals surface area (Å²) in [4.78, 5) is 4.23. The lowest BCUT2D eigenvalue weighted by atomic mass is 10.2. The fraction of sp³-hybridized carbons (Fsp3) is 0.800. The second-order valence-corrected chi connectivity index (χ2v) is 4.82. The zero-order valence-electron chi connectivity index (χ0n) is 9.07.